The molecule has 496 valence electrons. The van der Waals surface area contributed by atoms with Gasteiger partial charge in [-0.15, -0.1) is 0 Å². The first-order valence-electron chi connectivity index (χ1n) is 38.0. The summed E-state index contributed by atoms with van der Waals surface area (Å²) in [6, 6.07) is 0. The molecule has 16 aliphatic carbocycles. The zero-order valence-electron chi connectivity index (χ0n) is 59.0. The summed E-state index contributed by atoms with van der Waals surface area (Å²) < 4.78 is 0. The van der Waals surface area contributed by atoms with Crippen molar-refractivity contribution in [3.8, 4) is 0 Å². The van der Waals surface area contributed by atoms with Crippen molar-refractivity contribution in [2.75, 3.05) is 0 Å². The number of nitrogens with zero attached hydrogens (tertiary/aromatic N) is 1. The van der Waals surface area contributed by atoms with Crippen LogP contribution in [0.25, 0.3) is 0 Å². The smallest absolute Gasteiger partial charge is 0.221 e. The van der Waals surface area contributed by atoms with Gasteiger partial charge in [-0.25, -0.2) is 0 Å². The number of oxime groups is 1. The number of hydrogen-bond donors (Lipinski definition) is 3. The summed E-state index contributed by atoms with van der Waals surface area (Å²) in [5.74, 6) is 13.0. The molecule has 24 atom stereocenters. The van der Waals surface area contributed by atoms with E-state index in [0.29, 0.717) is 56.9 Å². The van der Waals surface area contributed by atoms with Crippen LogP contribution >= 0.6 is 0 Å². The van der Waals surface area contributed by atoms with Crippen LogP contribution in [0.3, 0.4) is 0 Å². The maximum atomic E-state index is 12.4. The van der Waals surface area contributed by atoms with Crippen LogP contribution < -0.4 is 5.32 Å². The van der Waals surface area contributed by atoms with E-state index in [-0.39, 0.29) is 33.7 Å². The molecule has 0 spiro atoms. The lowest BCUT2D eigenvalue weighted by atomic mass is 9.47. The van der Waals surface area contributed by atoms with E-state index in [1.54, 1.807) is 23.6 Å². The molecular formula is C83H124N2O5. The number of amides is 1. The minimum absolute atomic E-state index is 0.0168. The lowest BCUT2D eigenvalue weighted by Crippen LogP contribution is -2.50. The lowest BCUT2D eigenvalue weighted by Gasteiger charge is -2.57. The van der Waals surface area contributed by atoms with Crippen molar-refractivity contribution in [2.24, 2.45) is 137 Å². The average Bonchev–Trinajstić information content (AvgIpc) is 1.33. The second kappa shape index (κ2) is 23.8. The van der Waals surface area contributed by atoms with Crippen molar-refractivity contribution in [3.05, 3.63) is 70.0 Å². The van der Waals surface area contributed by atoms with Gasteiger partial charge >= 0.3 is 0 Å². The molecule has 0 aromatic rings. The fraction of sp³-hybridized carbons (Fsp3) is 0.807. The third-order valence-electron chi connectivity index (χ3n) is 32.6. The Balaban J connectivity index is 0.000000110. The highest BCUT2D eigenvalue weighted by Gasteiger charge is 2.62. The summed E-state index contributed by atoms with van der Waals surface area (Å²) in [4.78, 5) is 36.4. The van der Waals surface area contributed by atoms with E-state index in [2.05, 4.69) is 123 Å². The molecule has 90 heavy (non-hydrogen) atoms. The minimum Gasteiger partial charge on any atom is -0.411 e. The maximum absolute atomic E-state index is 12.4. The molecule has 16 rings (SSSR count). The average molecular weight is 1230 g/mol. The van der Waals surface area contributed by atoms with Crippen LogP contribution in [0.4, 0.5) is 0 Å². The highest BCUT2D eigenvalue weighted by molar-refractivity contribution is 5.99. The van der Waals surface area contributed by atoms with Crippen LogP contribution in [-0.4, -0.2) is 39.6 Å². The highest BCUT2D eigenvalue weighted by Crippen LogP contribution is 2.70. The second-order valence-electron chi connectivity index (χ2n) is 36.8. The van der Waals surface area contributed by atoms with Gasteiger partial charge in [0.25, 0.3) is 0 Å². The highest BCUT2D eigenvalue weighted by atomic mass is 16.4. The largest absolute Gasteiger partial charge is 0.411 e. The van der Waals surface area contributed by atoms with Gasteiger partial charge in [0.15, 0.2) is 0 Å². The number of ketones is 2. The van der Waals surface area contributed by atoms with Gasteiger partial charge in [-0.2, -0.15) is 0 Å². The van der Waals surface area contributed by atoms with E-state index in [4.69, 9.17) is 0 Å². The Morgan fingerprint density at radius 3 is 1.16 bits per heavy atom. The molecule has 7 heteroatoms. The number of aliphatic hydroxyl groups is 1. The van der Waals surface area contributed by atoms with Crippen molar-refractivity contribution in [1.82, 2.24) is 5.32 Å². The summed E-state index contributed by atoms with van der Waals surface area (Å²) in [6.07, 6.45) is 51.4. The molecule has 0 aromatic heterocycles. The Morgan fingerprint density at radius 2 is 0.744 bits per heavy atom. The summed E-state index contributed by atoms with van der Waals surface area (Å²) in [5.41, 5.74) is 12.3. The SMILES string of the molecule is C/C(=N\O)C1=CCC2C3CC=C4C[C@@H](C)CC[C@]4(C)C3CC[C@]12C.CC(=O)NC1=CCC2C3CC=C4C[C@@H](C)CC[C@]4(C)C3CC[C@]12C.C[C@H]1CC[C@@]2(C)C(=CCC3C2CC[C@]2(C)C(=O)CCC32)C1.C[C@]12CC[C@H](O)CC1=CCC1C2CC[C@]2(C)C(=O)CCC12. The standard InChI is InChI=1S/2C22H33NO.C20H30O.C19H28O2/c1-14-9-11-21(3)16(13-14)5-6-17-18-7-8-20(23-15(2)24)22(18,4)12-10-19(17)21;1-14-9-11-21(3)16(13-14)5-6-17-19-8-7-18(15(2)23-24)22(19,4)12-10-20(17)21;1-13-8-10-19(2)14(12-13)4-5-15-16-6-7-18(21)20(16,3)11-9-17(15)19;1-18-9-7-13(20)11-12(18)3-4-14-15-5-6-17(21)19(15,2)10-8-16(14)18/h5,8,14,17-19H,6-7,9-13H2,1-4H3,(H,23,24);5,7,14,17,19-20,24H,6,8-13H2,1-4H3;4,13,15-17H,5-12H2,1-3H3;3,13-16,20H,4-11H2,1-2H3/b;23-15+;;/t14-,17?,18?,19?,21-,22-;14-,17?,19?,20?,21-,22+;13-,15?,16?,17?,19-,20-;13-,14?,15?,16?,18-,19-/m0000/s1. The molecule has 0 saturated heterocycles. The lowest BCUT2D eigenvalue weighted by molar-refractivity contribution is -0.132. The number of fused-ring (bicyclic) bond motifs is 20. The molecule has 3 N–H and O–H groups in total. The predicted octanol–water partition coefficient (Wildman–Crippen LogP) is 20.2. The van der Waals surface area contributed by atoms with Gasteiger partial charge in [0.1, 0.15) is 11.6 Å². The summed E-state index contributed by atoms with van der Waals surface area (Å²) >= 11 is 0. The van der Waals surface area contributed by atoms with Crippen molar-refractivity contribution in [3.63, 3.8) is 0 Å². The molecule has 16 aliphatic rings. The molecule has 1 amide bonds. The Kier molecular flexibility index (Phi) is 17.3. The van der Waals surface area contributed by atoms with Crippen molar-refractivity contribution in [2.45, 2.75) is 289 Å². The van der Waals surface area contributed by atoms with Crippen LogP contribution in [0.2, 0.25) is 0 Å². The van der Waals surface area contributed by atoms with Gasteiger partial charge < -0.3 is 15.6 Å². The summed E-state index contributed by atoms with van der Waals surface area (Å²) in [6.45, 7) is 30.4. The number of aliphatic hydroxyl groups excluding tert-OH is 1. The molecule has 0 radical (unpaired) electrons. The number of carbonyl (C=O) groups excluding carboxylic acids is 3. The molecule has 10 fully saturated rings. The molecule has 10 saturated carbocycles. The van der Waals surface area contributed by atoms with Crippen LogP contribution in [-0.2, 0) is 14.4 Å². The van der Waals surface area contributed by atoms with Gasteiger partial charge in [-0.1, -0.05) is 140 Å². The Hall–Kier alpha value is -3.32. The number of Topliss-reactive ketones (excluding diaryl/α,β-unsaturated/α-hetero) is 2. The Labute approximate surface area is 546 Å². The van der Waals surface area contributed by atoms with Crippen LogP contribution in [0.1, 0.15) is 283 Å². The van der Waals surface area contributed by atoms with E-state index >= 15 is 0 Å². The summed E-state index contributed by atoms with van der Waals surface area (Å²) in [5, 5.41) is 26.0. The molecule has 0 aromatic carbocycles. The number of allylic oxidation sites excluding steroid dienone is 11. The zero-order valence-corrected chi connectivity index (χ0v) is 59.0. The quantitative estimate of drug-likeness (QED) is 0.110. The topological polar surface area (TPSA) is 116 Å². The molecule has 7 nitrogen and oxygen atoms in total. The zero-order chi connectivity index (χ0) is 63.9. The fourth-order valence-electron chi connectivity index (χ4n) is 26.8. The van der Waals surface area contributed by atoms with Crippen molar-refractivity contribution in [1.29, 1.82) is 0 Å². The Bertz CT molecular complexity index is 2970. The molecule has 12 unspecified atom stereocenters. The fourth-order valence-corrected chi connectivity index (χ4v) is 26.8. The summed E-state index contributed by atoms with van der Waals surface area (Å²) in [7, 11) is 0. The number of nitrogens with one attached hydrogen (secondary N) is 1. The third kappa shape index (κ3) is 10.4. The van der Waals surface area contributed by atoms with Gasteiger partial charge in [-0.05, 0) is 308 Å². The van der Waals surface area contributed by atoms with Crippen LogP contribution in [0, 0.1) is 132 Å². The maximum Gasteiger partial charge on any atom is 0.221 e. The van der Waals surface area contributed by atoms with E-state index in [0.717, 1.165) is 135 Å². The van der Waals surface area contributed by atoms with E-state index in [1.165, 1.54) is 145 Å². The third-order valence-corrected chi connectivity index (χ3v) is 32.6. The van der Waals surface area contributed by atoms with E-state index in [9.17, 15) is 24.7 Å². The molecular weight excluding hydrogens is 1100 g/mol. The predicted molar refractivity (Wildman–Crippen MR) is 366 cm³/mol. The van der Waals surface area contributed by atoms with Crippen LogP contribution in [0.5, 0.6) is 0 Å². The van der Waals surface area contributed by atoms with Crippen molar-refractivity contribution < 1.29 is 24.7 Å². The first-order valence-corrected chi connectivity index (χ1v) is 38.0. The Morgan fingerprint density at radius 1 is 0.411 bits per heavy atom. The first-order chi connectivity index (χ1) is 42.6. The normalized spacial score (nSPS) is 50.0. The van der Waals surface area contributed by atoms with Crippen molar-refractivity contribution >= 4 is 23.2 Å². The molecule has 0 aliphatic heterocycles. The van der Waals surface area contributed by atoms with Gasteiger partial charge in [0.2, 0.25) is 5.91 Å². The van der Waals surface area contributed by atoms with Gasteiger partial charge in [0.05, 0.1) is 11.8 Å². The number of rotatable bonds is 2. The van der Waals surface area contributed by atoms with E-state index < -0.39 is 0 Å². The van der Waals surface area contributed by atoms with Crippen LogP contribution in [0.15, 0.2) is 75.2 Å². The first kappa shape index (κ1) is 65.3. The minimum atomic E-state index is -0.122. The number of hydrogen-bond acceptors (Lipinski definition) is 6. The second-order valence-corrected chi connectivity index (χ2v) is 36.8. The van der Waals surface area contributed by atoms with E-state index in [1.807, 2.05) is 6.92 Å². The monoisotopic (exact) mass is 1230 g/mol. The van der Waals surface area contributed by atoms with Gasteiger partial charge in [-0.3, -0.25) is 14.4 Å². The van der Waals surface area contributed by atoms with Gasteiger partial charge in [0, 0.05) is 41.7 Å². The molecule has 0 bridgehead atoms. The molecule has 0 heterocycles. The number of carbonyl (C=O) groups is 3.